The van der Waals surface area contributed by atoms with Crippen molar-refractivity contribution in [2.24, 2.45) is 7.05 Å². The van der Waals surface area contributed by atoms with E-state index >= 15 is 0 Å². The van der Waals surface area contributed by atoms with Crippen LogP contribution in [0, 0.1) is 0 Å². The fourth-order valence-corrected chi connectivity index (χ4v) is 3.21. The van der Waals surface area contributed by atoms with E-state index in [0.29, 0.717) is 5.56 Å². The molecule has 4 heteroatoms. The number of amides is 1. The summed E-state index contributed by atoms with van der Waals surface area (Å²) in [5.74, 6) is -0.0247. The van der Waals surface area contributed by atoms with Gasteiger partial charge in [-0.25, -0.2) is 0 Å². The van der Waals surface area contributed by atoms with E-state index in [1.807, 2.05) is 23.1 Å². The number of nitrogens with zero attached hydrogens (tertiary/aromatic N) is 2. The lowest BCUT2D eigenvalue weighted by Gasteiger charge is -2.36. The van der Waals surface area contributed by atoms with E-state index in [0.717, 1.165) is 32.2 Å². The van der Waals surface area contributed by atoms with Crippen LogP contribution in [0.2, 0.25) is 0 Å². The lowest BCUT2D eigenvalue weighted by molar-refractivity contribution is 0.0613. The predicted octanol–water partition coefficient (Wildman–Crippen LogP) is 2.62. The second kappa shape index (κ2) is 6.82. The van der Waals surface area contributed by atoms with E-state index < -0.39 is 0 Å². The van der Waals surface area contributed by atoms with E-state index in [-0.39, 0.29) is 17.5 Å². The third-order valence-electron chi connectivity index (χ3n) is 4.55. The highest BCUT2D eigenvalue weighted by atomic mass is 16.2. The topological polar surface area (TPSA) is 42.3 Å². The molecule has 1 amide bonds. The summed E-state index contributed by atoms with van der Waals surface area (Å²) in [4.78, 5) is 26.6. The van der Waals surface area contributed by atoms with Crippen molar-refractivity contribution >= 4 is 5.91 Å². The number of piperidine rings is 1. The molecule has 1 aliphatic rings. The average molecular weight is 310 g/mol. The Labute approximate surface area is 136 Å². The summed E-state index contributed by atoms with van der Waals surface area (Å²) in [6.07, 6.45) is 5.73. The Morgan fingerprint density at radius 1 is 1.17 bits per heavy atom. The molecule has 0 bridgehead atoms. The van der Waals surface area contributed by atoms with Gasteiger partial charge >= 0.3 is 0 Å². The van der Waals surface area contributed by atoms with E-state index in [9.17, 15) is 9.59 Å². The zero-order chi connectivity index (χ0) is 16.2. The summed E-state index contributed by atoms with van der Waals surface area (Å²) in [6.45, 7) is 0.769. The SMILES string of the molecule is Cn1ccc(C(=O)N2CCCC[C@@H]2Cc2ccccc2)cc1=O. The fourth-order valence-electron chi connectivity index (χ4n) is 3.21. The number of rotatable bonds is 3. The van der Waals surface area contributed by atoms with Crippen molar-refractivity contribution in [1.82, 2.24) is 9.47 Å². The largest absolute Gasteiger partial charge is 0.335 e. The molecule has 4 nitrogen and oxygen atoms in total. The van der Waals surface area contributed by atoms with E-state index in [1.165, 1.54) is 16.2 Å². The third-order valence-corrected chi connectivity index (χ3v) is 4.55. The van der Waals surface area contributed by atoms with Crippen molar-refractivity contribution in [3.8, 4) is 0 Å². The Bertz CT molecular complexity index is 737. The van der Waals surface area contributed by atoms with Crippen molar-refractivity contribution in [3.63, 3.8) is 0 Å². The molecule has 1 fully saturated rings. The van der Waals surface area contributed by atoms with Crippen LogP contribution in [0.25, 0.3) is 0 Å². The van der Waals surface area contributed by atoms with Gasteiger partial charge in [0.2, 0.25) is 0 Å². The Kier molecular flexibility index (Phi) is 4.60. The summed E-state index contributed by atoms with van der Waals surface area (Å²) < 4.78 is 1.48. The van der Waals surface area contributed by atoms with Crippen molar-refractivity contribution in [2.45, 2.75) is 31.7 Å². The lowest BCUT2D eigenvalue weighted by Crippen LogP contribution is -2.45. The molecule has 120 valence electrons. The molecule has 0 unspecified atom stereocenters. The minimum absolute atomic E-state index is 0.0247. The van der Waals surface area contributed by atoms with Crippen LogP contribution in [0.1, 0.15) is 35.2 Å². The van der Waals surface area contributed by atoms with Gasteiger partial charge in [0.15, 0.2) is 0 Å². The minimum Gasteiger partial charge on any atom is -0.335 e. The quantitative estimate of drug-likeness (QED) is 0.874. The van der Waals surface area contributed by atoms with Crippen molar-refractivity contribution < 1.29 is 4.79 Å². The smallest absolute Gasteiger partial charge is 0.254 e. The number of likely N-dealkylation sites (tertiary alicyclic amines) is 1. The molecule has 1 aromatic carbocycles. The van der Waals surface area contributed by atoms with Gasteiger partial charge in [-0.05, 0) is 37.3 Å². The number of aromatic nitrogens is 1. The highest BCUT2D eigenvalue weighted by Gasteiger charge is 2.27. The maximum Gasteiger partial charge on any atom is 0.254 e. The van der Waals surface area contributed by atoms with Crippen LogP contribution >= 0.6 is 0 Å². The van der Waals surface area contributed by atoms with Gasteiger partial charge in [-0.1, -0.05) is 30.3 Å². The molecule has 1 aliphatic heterocycles. The molecule has 1 aromatic heterocycles. The predicted molar refractivity (Wildman–Crippen MR) is 90.5 cm³/mol. The van der Waals surface area contributed by atoms with Gasteiger partial charge in [0.05, 0.1) is 0 Å². The molecule has 0 aliphatic carbocycles. The van der Waals surface area contributed by atoms with Gasteiger partial charge in [0.1, 0.15) is 0 Å². The number of hydrogen-bond donors (Lipinski definition) is 0. The Morgan fingerprint density at radius 2 is 1.96 bits per heavy atom. The first-order chi connectivity index (χ1) is 11.1. The molecule has 2 aromatic rings. The number of aryl methyl sites for hydroxylation is 1. The number of hydrogen-bond acceptors (Lipinski definition) is 2. The first-order valence-electron chi connectivity index (χ1n) is 8.17. The van der Waals surface area contributed by atoms with Crippen molar-refractivity contribution in [2.75, 3.05) is 6.54 Å². The Hall–Kier alpha value is -2.36. The summed E-state index contributed by atoms with van der Waals surface area (Å²) >= 11 is 0. The van der Waals surface area contributed by atoms with E-state index in [2.05, 4.69) is 12.1 Å². The maximum absolute atomic E-state index is 12.8. The van der Waals surface area contributed by atoms with Crippen LogP contribution in [0.3, 0.4) is 0 Å². The summed E-state index contributed by atoms with van der Waals surface area (Å²) in [6, 6.07) is 13.7. The van der Waals surface area contributed by atoms with Crippen molar-refractivity contribution in [3.05, 3.63) is 70.1 Å². The molecule has 0 spiro atoms. The van der Waals surface area contributed by atoms with Gasteiger partial charge in [0.25, 0.3) is 11.5 Å². The molecular weight excluding hydrogens is 288 g/mol. The summed E-state index contributed by atoms with van der Waals surface area (Å²) in [5, 5.41) is 0. The van der Waals surface area contributed by atoms with Crippen LogP contribution in [-0.4, -0.2) is 28.0 Å². The van der Waals surface area contributed by atoms with Crippen LogP contribution in [0.4, 0.5) is 0 Å². The van der Waals surface area contributed by atoms with Gasteiger partial charge in [-0.15, -0.1) is 0 Å². The molecule has 1 saturated heterocycles. The second-order valence-corrected chi connectivity index (χ2v) is 6.20. The molecule has 23 heavy (non-hydrogen) atoms. The summed E-state index contributed by atoms with van der Waals surface area (Å²) in [5.41, 5.74) is 1.60. The van der Waals surface area contributed by atoms with Crippen LogP contribution in [0.5, 0.6) is 0 Å². The first kappa shape index (κ1) is 15.5. The van der Waals surface area contributed by atoms with Crippen LogP contribution < -0.4 is 5.56 Å². The Balaban J connectivity index is 1.81. The summed E-state index contributed by atoms with van der Waals surface area (Å²) in [7, 11) is 1.69. The van der Waals surface area contributed by atoms with E-state index in [1.54, 1.807) is 19.3 Å². The standard InChI is InChI=1S/C19H22N2O2/c1-20-12-10-16(14-18(20)22)19(23)21-11-6-5-9-17(21)13-15-7-3-2-4-8-15/h2-4,7-8,10,12,14,17H,5-6,9,11,13H2,1H3/t17-/m1/s1. The number of pyridine rings is 1. The molecule has 0 saturated carbocycles. The Morgan fingerprint density at radius 3 is 2.70 bits per heavy atom. The first-order valence-corrected chi connectivity index (χ1v) is 8.17. The van der Waals surface area contributed by atoms with Gasteiger partial charge in [-0.2, -0.15) is 0 Å². The third kappa shape index (κ3) is 3.52. The normalized spacial score (nSPS) is 18.0. The van der Waals surface area contributed by atoms with Gasteiger partial charge in [-0.3, -0.25) is 9.59 Å². The molecule has 0 N–H and O–H groups in total. The van der Waals surface area contributed by atoms with Crippen molar-refractivity contribution in [1.29, 1.82) is 0 Å². The van der Waals surface area contributed by atoms with E-state index in [4.69, 9.17) is 0 Å². The fraction of sp³-hybridized carbons (Fsp3) is 0.368. The van der Waals surface area contributed by atoms with Crippen LogP contribution in [-0.2, 0) is 13.5 Å². The average Bonchev–Trinajstić information content (AvgIpc) is 2.58. The van der Waals surface area contributed by atoms with Crippen LogP contribution in [0.15, 0.2) is 53.5 Å². The molecule has 3 rings (SSSR count). The molecule has 0 radical (unpaired) electrons. The number of carbonyl (C=O) groups is 1. The highest BCUT2D eigenvalue weighted by Crippen LogP contribution is 2.22. The molecular formula is C19H22N2O2. The molecule has 1 atom stereocenters. The number of benzene rings is 1. The molecule has 2 heterocycles. The maximum atomic E-state index is 12.8. The van der Waals surface area contributed by atoms with Gasteiger partial charge in [0, 0.05) is 37.5 Å². The lowest BCUT2D eigenvalue weighted by atomic mass is 9.95. The monoisotopic (exact) mass is 310 g/mol. The minimum atomic E-state index is -0.146. The number of carbonyl (C=O) groups excluding carboxylic acids is 1. The van der Waals surface area contributed by atoms with Gasteiger partial charge < -0.3 is 9.47 Å². The second-order valence-electron chi connectivity index (χ2n) is 6.20. The zero-order valence-corrected chi connectivity index (χ0v) is 13.4. The highest BCUT2D eigenvalue weighted by molar-refractivity contribution is 5.94. The zero-order valence-electron chi connectivity index (χ0n) is 13.4.